The van der Waals surface area contributed by atoms with Crippen molar-refractivity contribution in [1.82, 2.24) is 0 Å². The summed E-state index contributed by atoms with van der Waals surface area (Å²) in [6.45, 7) is 6.93. The maximum Gasteiger partial charge on any atom is 0.292 e. The second-order valence-electron chi connectivity index (χ2n) is 3.85. The van der Waals surface area contributed by atoms with E-state index < -0.39 is 11.0 Å². The van der Waals surface area contributed by atoms with Crippen LogP contribution in [0.15, 0.2) is 18.2 Å². The van der Waals surface area contributed by atoms with Crippen LogP contribution >= 0.6 is 0 Å². The Bertz CT molecular complexity index is 401. The van der Waals surface area contributed by atoms with E-state index in [9.17, 15) is 15.2 Å². The van der Waals surface area contributed by atoms with Crippen molar-refractivity contribution in [3.63, 3.8) is 0 Å². The largest absolute Gasteiger partial charge is 0.389 e. The van der Waals surface area contributed by atoms with E-state index in [1.165, 1.54) is 6.07 Å². The highest BCUT2D eigenvalue weighted by Crippen LogP contribution is 2.30. The molecule has 17 heavy (non-hydrogen) atoms. The Morgan fingerprint density at radius 2 is 2.00 bits per heavy atom. The molecule has 1 atom stereocenters. The molecular weight excluding hydrogens is 220 g/mol. The number of rotatable bonds is 5. The van der Waals surface area contributed by atoms with Crippen molar-refractivity contribution in [2.45, 2.75) is 26.9 Å². The first kappa shape index (κ1) is 13.4. The van der Waals surface area contributed by atoms with Crippen LogP contribution in [0.25, 0.3) is 0 Å². The molecule has 5 nitrogen and oxygen atoms in total. The van der Waals surface area contributed by atoms with Gasteiger partial charge in [0.1, 0.15) is 5.69 Å². The van der Waals surface area contributed by atoms with Crippen LogP contribution in [0.2, 0.25) is 0 Å². The van der Waals surface area contributed by atoms with E-state index in [0.29, 0.717) is 24.3 Å². The average molecular weight is 238 g/mol. The average Bonchev–Trinajstić information content (AvgIpc) is 2.30. The summed E-state index contributed by atoms with van der Waals surface area (Å²) in [6, 6.07) is 4.87. The van der Waals surface area contributed by atoms with E-state index in [1.54, 1.807) is 19.1 Å². The number of aliphatic hydroxyl groups is 1. The molecule has 0 spiro atoms. The number of nitrogens with zero attached hydrogens (tertiary/aromatic N) is 2. The van der Waals surface area contributed by atoms with Gasteiger partial charge >= 0.3 is 0 Å². The quantitative estimate of drug-likeness (QED) is 0.632. The molecule has 0 bridgehead atoms. The SMILES string of the molecule is CCN(CC)c1ccc(C(C)O)cc1[N+](=O)[O-]. The Kier molecular flexibility index (Phi) is 4.45. The number of nitro groups is 1. The van der Waals surface area contributed by atoms with Gasteiger partial charge in [-0.1, -0.05) is 6.07 Å². The third-order valence-electron chi connectivity index (χ3n) is 2.78. The predicted octanol–water partition coefficient (Wildman–Crippen LogP) is 2.49. The van der Waals surface area contributed by atoms with Crippen LogP contribution in [0.5, 0.6) is 0 Å². The standard InChI is InChI=1S/C12H18N2O3/c1-4-13(5-2)11-7-6-10(9(3)15)8-12(11)14(16)17/h6-9,15H,4-5H2,1-3H3. The van der Waals surface area contributed by atoms with Crippen molar-refractivity contribution in [2.24, 2.45) is 0 Å². The monoisotopic (exact) mass is 238 g/mol. The molecule has 0 amide bonds. The topological polar surface area (TPSA) is 66.6 Å². The molecule has 1 rings (SSSR count). The Morgan fingerprint density at radius 3 is 2.41 bits per heavy atom. The third-order valence-corrected chi connectivity index (χ3v) is 2.78. The fourth-order valence-electron chi connectivity index (χ4n) is 1.78. The molecule has 1 aromatic rings. The molecule has 5 heteroatoms. The number of hydrogen-bond donors (Lipinski definition) is 1. The number of benzene rings is 1. The van der Waals surface area contributed by atoms with Gasteiger partial charge in [0.25, 0.3) is 5.69 Å². The fourth-order valence-corrected chi connectivity index (χ4v) is 1.78. The van der Waals surface area contributed by atoms with Crippen LogP contribution in [0.3, 0.4) is 0 Å². The molecule has 0 aliphatic carbocycles. The van der Waals surface area contributed by atoms with E-state index in [-0.39, 0.29) is 5.69 Å². The molecule has 0 saturated heterocycles. The second-order valence-corrected chi connectivity index (χ2v) is 3.85. The molecule has 0 aliphatic rings. The highest BCUT2D eigenvalue weighted by molar-refractivity contribution is 5.64. The summed E-state index contributed by atoms with van der Waals surface area (Å²) in [5.41, 5.74) is 1.21. The minimum atomic E-state index is -0.695. The zero-order valence-electron chi connectivity index (χ0n) is 10.4. The van der Waals surface area contributed by atoms with Gasteiger partial charge in [0, 0.05) is 19.2 Å². The van der Waals surface area contributed by atoms with Crippen LogP contribution in [0.4, 0.5) is 11.4 Å². The highest BCUT2D eigenvalue weighted by atomic mass is 16.6. The molecule has 0 radical (unpaired) electrons. The Balaban J connectivity index is 3.26. The zero-order chi connectivity index (χ0) is 13.0. The van der Waals surface area contributed by atoms with Crippen molar-refractivity contribution in [3.8, 4) is 0 Å². The van der Waals surface area contributed by atoms with E-state index >= 15 is 0 Å². The van der Waals surface area contributed by atoms with Crippen LogP contribution < -0.4 is 4.90 Å². The lowest BCUT2D eigenvalue weighted by Gasteiger charge is -2.21. The van der Waals surface area contributed by atoms with Gasteiger partial charge in [-0.15, -0.1) is 0 Å². The number of anilines is 1. The summed E-state index contributed by atoms with van der Waals surface area (Å²) in [6.07, 6.45) is -0.695. The summed E-state index contributed by atoms with van der Waals surface area (Å²) in [7, 11) is 0. The second kappa shape index (κ2) is 5.63. The van der Waals surface area contributed by atoms with E-state index in [2.05, 4.69) is 0 Å². The summed E-state index contributed by atoms with van der Waals surface area (Å²) in [4.78, 5) is 12.5. The molecule has 0 aromatic heterocycles. The van der Waals surface area contributed by atoms with E-state index in [4.69, 9.17) is 0 Å². The molecule has 94 valence electrons. The van der Waals surface area contributed by atoms with Crippen molar-refractivity contribution >= 4 is 11.4 Å². The first-order chi connectivity index (χ1) is 8.01. The summed E-state index contributed by atoms with van der Waals surface area (Å²) in [5, 5.41) is 20.5. The Labute approximate surface area is 101 Å². The molecule has 0 aliphatic heterocycles. The molecular formula is C12H18N2O3. The summed E-state index contributed by atoms with van der Waals surface area (Å²) in [5.74, 6) is 0. The predicted molar refractivity (Wildman–Crippen MR) is 67.3 cm³/mol. The minimum absolute atomic E-state index is 0.0482. The lowest BCUT2D eigenvalue weighted by atomic mass is 10.1. The molecule has 0 fully saturated rings. The number of nitro benzene ring substituents is 1. The van der Waals surface area contributed by atoms with Gasteiger partial charge < -0.3 is 10.0 Å². The highest BCUT2D eigenvalue weighted by Gasteiger charge is 2.19. The summed E-state index contributed by atoms with van der Waals surface area (Å²) < 4.78 is 0. The molecule has 0 saturated carbocycles. The van der Waals surface area contributed by atoms with Crippen LogP contribution in [0, 0.1) is 10.1 Å². The fraction of sp³-hybridized carbons (Fsp3) is 0.500. The van der Waals surface area contributed by atoms with Gasteiger partial charge in [0.05, 0.1) is 11.0 Å². The van der Waals surface area contributed by atoms with Gasteiger partial charge in [0.15, 0.2) is 0 Å². The number of aliphatic hydroxyl groups excluding tert-OH is 1. The summed E-state index contributed by atoms with van der Waals surface area (Å²) >= 11 is 0. The lowest BCUT2D eigenvalue weighted by molar-refractivity contribution is -0.384. The first-order valence-electron chi connectivity index (χ1n) is 5.72. The minimum Gasteiger partial charge on any atom is -0.389 e. The smallest absolute Gasteiger partial charge is 0.292 e. The lowest BCUT2D eigenvalue weighted by Crippen LogP contribution is -2.22. The molecule has 0 heterocycles. The molecule has 1 N–H and O–H groups in total. The maximum absolute atomic E-state index is 11.0. The molecule has 1 aromatic carbocycles. The van der Waals surface area contributed by atoms with Crippen molar-refractivity contribution in [1.29, 1.82) is 0 Å². The van der Waals surface area contributed by atoms with Gasteiger partial charge in [-0.05, 0) is 32.4 Å². The van der Waals surface area contributed by atoms with Gasteiger partial charge in [-0.3, -0.25) is 10.1 Å². The van der Waals surface area contributed by atoms with E-state index in [0.717, 1.165) is 0 Å². The normalized spacial score (nSPS) is 12.2. The third kappa shape index (κ3) is 2.94. The van der Waals surface area contributed by atoms with Gasteiger partial charge in [-0.25, -0.2) is 0 Å². The van der Waals surface area contributed by atoms with Crippen LogP contribution in [-0.4, -0.2) is 23.1 Å². The number of hydrogen-bond acceptors (Lipinski definition) is 4. The van der Waals surface area contributed by atoms with Crippen molar-refractivity contribution in [2.75, 3.05) is 18.0 Å². The maximum atomic E-state index is 11.0. The van der Waals surface area contributed by atoms with Crippen molar-refractivity contribution in [3.05, 3.63) is 33.9 Å². The van der Waals surface area contributed by atoms with Gasteiger partial charge in [0.2, 0.25) is 0 Å². The Hall–Kier alpha value is -1.62. The van der Waals surface area contributed by atoms with Crippen LogP contribution in [-0.2, 0) is 0 Å². The van der Waals surface area contributed by atoms with Gasteiger partial charge in [-0.2, -0.15) is 0 Å². The van der Waals surface area contributed by atoms with Crippen LogP contribution in [0.1, 0.15) is 32.4 Å². The molecule has 1 unspecified atom stereocenters. The zero-order valence-corrected chi connectivity index (χ0v) is 10.4. The van der Waals surface area contributed by atoms with E-state index in [1.807, 2.05) is 18.7 Å². The van der Waals surface area contributed by atoms with Crippen molar-refractivity contribution < 1.29 is 10.0 Å². The first-order valence-corrected chi connectivity index (χ1v) is 5.72. The Morgan fingerprint density at radius 1 is 1.41 bits per heavy atom.